The first-order valence-electron chi connectivity index (χ1n) is 10.1. The van der Waals surface area contributed by atoms with E-state index in [1.165, 1.54) is 0 Å². The summed E-state index contributed by atoms with van der Waals surface area (Å²) in [5, 5.41) is 0. The van der Waals surface area contributed by atoms with Gasteiger partial charge in [-0.2, -0.15) is 0 Å². The van der Waals surface area contributed by atoms with Gasteiger partial charge in [-0.1, -0.05) is 0 Å². The molecule has 0 N–H and O–H groups in total. The second-order valence-electron chi connectivity index (χ2n) is 6.93. The highest BCUT2D eigenvalue weighted by Gasteiger charge is 2.17. The number of hydrogen-bond donors (Lipinski definition) is 0. The normalized spacial score (nSPS) is 17.0. The highest BCUT2D eigenvalue weighted by Crippen LogP contribution is 2.28. The summed E-state index contributed by atoms with van der Waals surface area (Å²) in [5.41, 5.74) is 3.05. The largest absolute Gasteiger partial charge is 0.492 e. The Labute approximate surface area is 166 Å². The van der Waals surface area contributed by atoms with E-state index in [0.717, 1.165) is 74.0 Å². The number of morpholine rings is 1. The summed E-state index contributed by atoms with van der Waals surface area (Å²) in [5.74, 6) is 2.45. The van der Waals surface area contributed by atoms with Crippen molar-refractivity contribution in [3.63, 3.8) is 0 Å². The molecule has 1 aromatic heterocycles. The predicted molar refractivity (Wildman–Crippen MR) is 108 cm³/mol. The van der Waals surface area contributed by atoms with Crippen LogP contribution in [-0.2, 0) is 15.9 Å². The molecule has 0 atom stereocenters. The number of hydrogen-bond acceptors (Lipinski definition) is 6. The van der Waals surface area contributed by atoms with Gasteiger partial charge in [0.1, 0.15) is 23.8 Å². The molecule has 1 aliphatic carbocycles. The first-order valence-corrected chi connectivity index (χ1v) is 10.1. The summed E-state index contributed by atoms with van der Waals surface area (Å²) in [7, 11) is 0. The average Bonchev–Trinajstić information content (AvgIpc) is 2.75. The molecule has 1 fully saturated rings. The Balaban J connectivity index is 1.40. The maximum absolute atomic E-state index is 5.89. The summed E-state index contributed by atoms with van der Waals surface area (Å²) in [6.07, 6.45) is 5.98. The van der Waals surface area contributed by atoms with Gasteiger partial charge in [0, 0.05) is 37.0 Å². The number of fused-ring (bicyclic) bond motifs is 1. The molecule has 0 radical (unpaired) electrons. The van der Waals surface area contributed by atoms with Gasteiger partial charge in [0.15, 0.2) is 5.82 Å². The van der Waals surface area contributed by atoms with Crippen molar-refractivity contribution < 1.29 is 14.2 Å². The topological polar surface area (TPSA) is 56.7 Å². The van der Waals surface area contributed by atoms with E-state index in [1.807, 2.05) is 37.4 Å². The third kappa shape index (κ3) is 4.51. The number of rotatable bonds is 7. The molecule has 6 nitrogen and oxygen atoms in total. The van der Waals surface area contributed by atoms with Gasteiger partial charge in [-0.3, -0.25) is 4.90 Å². The minimum absolute atomic E-state index is 0.640. The van der Waals surface area contributed by atoms with Crippen LogP contribution in [0.2, 0.25) is 0 Å². The zero-order chi connectivity index (χ0) is 19.2. The minimum atomic E-state index is 0.640. The molecule has 2 heterocycles. The van der Waals surface area contributed by atoms with Crippen molar-refractivity contribution in [2.75, 3.05) is 46.1 Å². The van der Waals surface area contributed by atoms with Crippen LogP contribution in [0.1, 0.15) is 24.6 Å². The van der Waals surface area contributed by atoms with Crippen LogP contribution in [0, 0.1) is 0 Å². The number of ether oxygens (including phenoxy) is 3. The van der Waals surface area contributed by atoms with E-state index in [1.54, 1.807) is 0 Å². The van der Waals surface area contributed by atoms with Crippen LogP contribution in [0.5, 0.6) is 5.75 Å². The molecular formula is C22H27N3O3. The summed E-state index contributed by atoms with van der Waals surface area (Å²) >= 11 is 0. The monoisotopic (exact) mass is 381 g/mol. The van der Waals surface area contributed by atoms with Crippen molar-refractivity contribution in [2.45, 2.75) is 19.8 Å². The van der Waals surface area contributed by atoms with Gasteiger partial charge in [0.25, 0.3) is 0 Å². The Kier molecular flexibility index (Phi) is 6.19. The van der Waals surface area contributed by atoms with Crippen molar-refractivity contribution in [3.8, 4) is 17.1 Å². The van der Waals surface area contributed by atoms with Crippen molar-refractivity contribution in [3.05, 3.63) is 47.8 Å². The zero-order valence-corrected chi connectivity index (χ0v) is 16.4. The lowest BCUT2D eigenvalue weighted by atomic mass is 10.0. The average molecular weight is 381 g/mol. The van der Waals surface area contributed by atoms with Crippen molar-refractivity contribution in [2.24, 2.45) is 0 Å². The number of aromatic nitrogens is 2. The standard InChI is InChI=1S/C22H27N3O3/c1-2-27-20-5-3-4-18-16-23-22(24-21(18)20)17-6-8-19(9-7-17)28-15-12-25-10-13-26-14-11-25/h5-9,16H,2-4,10-15H2,1H3. The summed E-state index contributed by atoms with van der Waals surface area (Å²) in [6.45, 7) is 7.83. The van der Waals surface area contributed by atoms with E-state index in [0.29, 0.717) is 19.0 Å². The summed E-state index contributed by atoms with van der Waals surface area (Å²) < 4.78 is 17.0. The van der Waals surface area contributed by atoms with Crippen LogP contribution >= 0.6 is 0 Å². The predicted octanol–water partition coefficient (Wildman–Crippen LogP) is 3.18. The molecule has 1 aliphatic heterocycles. The molecule has 1 saturated heterocycles. The molecule has 0 unspecified atom stereocenters. The molecule has 4 rings (SSSR count). The summed E-state index contributed by atoms with van der Waals surface area (Å²) in [4.78, 5) is 11.7. The van der Waals surface area contributed by atoms with Crippen molar-refractivity contribution in [1.82, 2.24) is 14.9 Å². The third-order valence-corrected chi connectivity index (χ3v) is 5.03. The fourth-order valence-corrected chi connectivity index (χ4v) is 3.50. The highest BCUT2D eigenvalue weighted by atomic mass is 16.5. The van der Waals surface area contributed by atoms with E-state index in [2.05, 4.69) is 16.0 Å². The smallest absolute Gasteiger partial charge is 0.159 e. The lowest BCUT2D eigenvalue weighted by Crippen LogP contribution is -2.38. The molecule has 0 bridgehead atoms. The number of benzene rings is 1. The van der Waals surface area contributed by atoms with Crippen LogP contribution in [0.4, 0.5) is 0 Å². The Morgan fingerprint density at radius 3 is 2.71 bits per heavy atom. The molecule has 2 aromatic rings. The fraction of sp³-hybridized carbons (Fsp3) is 0.455. The molecule has 148 valence electrons. The quantitative estimate of drug-likeness (QED) is 0.734. The number of allylic oxidation sites excluding steroid dienone is 1. The van der Waals surface area contributed by atoms with Crippen LogP contribution < -0.4 is 4.74 Å². The minimum Gasteiger partial charge on any atom is -0.492 e. The molecular weight excluding hydrogens is 354 g/mol. The third-order valence-electron chi connectivity index (χ3n) is 5.03. The fourth-order valence-electron chi connectivity index (χ4n) is 3.50. The molecule has 0 saturated carbocycles. The van der Waals surface area contributed by atoms with E-state index >= 15 is 0 Å². The maximum atomic E-state index is 5.89. The van der Waals surface area contributed by atoms with Crippen LogP contribution in [0.25, 0.3) is 17.1 Å². The second-order valence-corrected chi connectivity index (χ2v) is 6.93. The van der Waals surface area contributed by atoms with Crippen LogP contribution in [-0.4, -0.2) is 60.9 Å². The zero-order valence-electron chi connectivity index (χ0n) is 16.4. The molecule has 6 heteroatoms. The maximum Gasteiger partial charge on any atom is 0.159 e. The van der Waals surface area contributed by atoms with Gasteiger partial charge in [-0.05, 0) is 50.1 Å². The van der Waals surface area contributed by atoms with Gasteiger partial charge in [-0.25, -0.2) is 9.97 Å². The molecule has 1 aromatic carbocycles. The molecule has 0 amide bonds. The van der Waals surface area contributed by atoms with E-state index in [9.17, 15) is 0 Å². The van der Waals surface area contributed by atoms with E-state index < -0.39 is 0 Å². The van der Waals surface area contributed by atoms with Gasteiger partial charge in [0.05, 0.1) is 19.8 Å². The van der Waals surface area contributed by atoms with Crippen molar-refractivity contribution in [1.29, 1.82) is 0 Å². The molecule has 0 spiro atoms. The van der Waals surface area contributed by atoms with Crippen molar-refractivity contribution >= 4 is 5.76 Å². The SMILES string of the molecule is CCOC1=CCCc2cnc(-c3ccc(OCCN4CCOCC4)cc3)nc21. The number of nitrogens with zero attached hydrogens (tertiary/aromatic N) is 3. The second kappa shape index (κ2) is 9.17. The lowest BCUT2D eigenvalue weighted by molar-refractivity contribution is 0.0322. The van der Waals surface area contributed by atoms with Gasteiger partial charge >= 0.3 is 0 Å². The Bertz CT molecular complexity index is 814. The van der Waals surface area contributed by atoms with Crippen LogP contribution in [0.3, 0.4) is 0 Å². The molecule has 2 aliphatic rings. The van der Waals surface area contributed by atoms with Crippen LogP contribution in [0.15, 0.2) is 36.5 Å². The van der Waals surface area contributed by atoms with Gasteiger partial charge in [0.2, 0.25) is 0 Å². The van der Waals surface area contributed by atoms with E-state index in [-0.39, 0.29) is 0 Å². The first kappa shape index (κ1) is 18.9. The highest BCUT2D eigenvalue weighted by molar-refractivity contribution is 5.65. The van der Waals surface area contributed by atoms with E-state index in [4.69, 9.17) is 19.2 Å². The first-order chi connectivity index (χ1) is 13.8. The Morgan fingerprint density at radius 2 is 1.93 bits per heavy atom. The lowest BCUT2D eigenvalue weighted by Gasteiger charge is -2.26. The van der Waals surface area contributed by atoms with Gasteiger partial charge in [-0.15, -0.1) is 0 Å². The Morgan fingerprint density at radius 1 is 1.11 bits per heavy atom. The van der Waals surface area contributed by atoms with Gasteiger partial charge < -0.3 is 14.2 Å². The Hall–Kier alpha value is -2.44. The summed E-state index contributed by atoms with van der Waals surface area (Å²) in [6, 6.07) is 7.99. The number of aryl methyl sites for hydroxylation is 1. The molecule has 28 heavy (non-hydrogen) atoms.